The largest absolute Gasteiger partial charge is 0.496 e. The first kappa shape index (κ1) is 26.0. The maximum atomic E-state index is 14.7. The van der Waals surface area contributed by atoms with Crippen molar-refractivity contribution in [2.75, 3.05) is 33.3 Å². The van der Waals surface area contributed by atoms with E-state index in [1.807, 2.05) is 12.1 Å². The number of ether oxygens (including phenoxy) is 1. The molecule has 0 radical (unpaired) electrons. The van der Waals surface area contributed by atoms with Crippen molar-refractivity contribution in [2.24, 2.45) is 10.9 Å². The maximum absolute atomic E-state index is 14.7. The molecule has 1 N–H and O–H groups in total. The van der Waals surface area contributed by atoms with Crippen molar-refractivity contribution < 1.29 is 9.13 Å². The molecule has 1 heterocycles. The Morgan fingerprint density at radius 2 is 1.97 bits per heavy atom. The van der Waals surface area contributed by atoms with Gasteiger partial charge in [0.2, 0.25) is 0 Å². The number of benzene rings is 1. The molecule has 4 nitrogen and oxygen atoms in total. The van der Waals surface area contributed by atoms with Crippen LogP contribution in [-0.4, -0.2) is 43.9 Å². The fourth-order valence-electron chi connectivity index (χ4n) is 4.09. The summed E-state index contributed by atoms with van der Waals surface area (Å²) in [6.07, 6.45) is 15.1. The second-order valence-corrected chi connectivity index (χ2v) is 9.15. The molecular formula is C29H40FN3O. The van der Waals surface area contributed by atoms with Crippen molar-refractivity contribution in [3.63, 3.8) is 0 Å². The molecule has 1 aliphatic heterocycles. The molecule has 3 rings (SSSR count). The molecule has 1 atom stereocenters. The minimum absolute atomic E-state index is 0.273. The highest BCUT2D eigenvalue weighted by molar-refractivity contribution is 6.00. The Labute approximate surface area is 205 Å². The van der Waals surface area contributed by atoms with E-state index in [1.165, 1.54) is 17.7 Å². The fourth-order valence-corrected chi connectivity index (χ4v) is 4.09. The number of hydrogen-bond acceptors (Lipinski definition) is 4. The quantitative estimate of drug-likeness (QED) is 0.336. The molecule has 1 aliphatic carbocycles. The van der Waals surface area contributed by atoms with Crippen molar-refractivity contribution >= 4 is 11.4 Å². The highest BCUT2D eigenvalue weighted by Crippen LogP contribution is 2.30. The number of rotatable bonds is 9. The molecular weight excluding hydrogens is 425 g/mol. The summed E-state index contributed by atoms with van der Waals surface area (Å²) in [5, 5.41) is 3.41. The Morgan fingerprint density at radius 1 is 1.24 bits per heavy atom. The van der Waals surface area contributed by atoms with Gasteiger partial charge in [-0.05, 0) is 75.8 Å². The summed E-state index contributed by atoms with van der Waals surface area (Å²) < 4.78 is 20.2. The molecule has 2 aliphatic rings. The summed E-state index contributed by atoms with van der Waals surface area (Å²) >= 11 is 0. The van der Waals surface area contributed by atoms with Gasteiger partial charge < -0.3 is 15.0 Å². The molecule has 1 aromatic rings. The predicted octanol–water partition coefficient (Wildman–Crippen LogP) is 6.45. The van der Waals surface area contributed by atoms with Crippen molar-refractivity contribution in [1.82, 2.24) is 10.2 Å². The van der Waals surface area contributed by atoms with Crippen LogP contribution in [0.25, 0.3) is 5.70 Å². The van der Waals surface area contributed by atoms with E-state index in [2.05, 4.69) is 55.3 Å². The molecule has 34 heavy (non-hydrogen) atoms. The van der Waals surface area contributed by atoms with E-state index in [-0.39, 0.29) is 11.7 Å². The molecule has 1 saturated heterocycles. The molecule has 5 heteroatoms. The van der Waals surface area contributed by atoms with Gasteiger partial charge in [-0.3, -0.25) is 4.99 Å². The first-order valence-electron chi connectivity index (χ1n) is 12.6. The van der Waals surface area contributed by atoms with Crippen LogP contribution in [0.15, 0.2) is 58.8 Å². The van der Waals surface area contributed by atoms with Crippen LogP contribution in [0.4, 0.5) is 4.39 Å². The monoisotopic (exact) mass is 465 g/mol. The lowest BCUT2D eigenvalue weighted by molar-refractivity contribution is 0.307. The Hall–Kier alpha value is -2.66. The van der Waals surface area contributed by atoms with Crippen LogP contribution in [0.2, 0.25) is 0 Å². The van der Waals surface area contributed by atoms with E-state index in [0.29, 0.717) is 11.3 Å². The lowest BCUT2D eigenvalue weighted by atomic mass is 9.92. The van der Waals surface area contributed by atoms with Crippen LogP contribution in [0.3, 0.4) is 0 Å². The summed E-state index contributed by atoms with van der Waals surface area (Å²) in [7, 11) is 1.58. The molecule has 1 unspecified atom stereocenters. The SMILES string of the molecule is C\C=C(/C=C\C(=N\C(=C/C=C1CCC1)c1cc(F)c(C)c(OC)c1)C(C)CC)N1CCNCC1. The molecule has 0 bridgehead atoms. The number of halogens is 1. The molecule has 1 saturated carbocycles. The predicted molar refractivity (Wildman–Crippen MR) is 142 cm³/mol. The molecule has 1 aromatic carbocycles. The van der Waals surface area contributed by atoms with Gasteiger partial charge in [0.25, 0.3) is 0 Å². The van der Waals surface area contributed by atoms with Gasteiger partial charge in [0.15, 0.2) is 0 Å². The highest BCUT2D eigenvalue weighted by Gasteiger charge is 2.15. The number of methoxy groups -OCH3 is 1. The maximum Gasteiger partial charge on any atom is 0.130 e. The van der Waals surface area contributed by atoms with Gasteiger partial charge in [-0.1, -0.05) is 31.6 Å². The van der Waals surface area contributed by atoms with Crippen LogP contribution >= 0.6 is 0 Å². The zero-order valence-electron chi connectivity index (χ0n) is 21.5. The number of nitrogens with zero attached hydrogens (tertiary/aromatic N) is 2. The molecule has 184 valence electrons. The second-order valence-electron chi connectivity index (χ2n) is 9.15. The molecule has 0 amide bonds. The Balaban J connectivity index is 2.02. The van der Waals surface area contributed by atoms with Crippen molar-refractivity contribution in [3.05, 3.63) is 70.7 Å². The van der Waals surface area contributed by atoms with Gasteiger partial charge >= 0.3 is 0 Å². The van der Waals surface area contributed by atoms with Crippen LogP contribution in [0.5, 0.6) is 5.75 Å². The summed E-state index contributed by atoms with van der Waals surface area (Å²) in [4.78, 5) is 7.51. The summed E-state index contributed by atoms with van der Waals surface area (Å²) in [5.74, 6) is 0.541. The summed E-state index contributed by atoms with van der Waals surface area (Å²) in [5.41, 5.74) is 5.64. The topological polar surface area (TPSA) is 36.9 Å². The zero-order valence-corrected chi connectivity index (χ0v) is 21.5. The van der Waals surface area contributed by atoms with Gasteiger partial charge in [0, 0.05) is 48.7 Å². The van der Waals surface area contributed by atoms with Crippen LogP contribution in [0, 0.1) is 18.7 Å². The Kier molecular flexibility index (Phi) is 9.70. The van der Waals surface area contributed by atoms with E-state index in [9.17, 15) is 4.39 Å². The minimum Gasteiger partial charge on any atom is -0.496 e. The van der Waals surface area contributed by atoms with Crippen LogP contribution in [0.1, 0.15) is 57.6 Å². The number of nitrogens with one attached hydrogen (secondary N) is 1. The average Bonchev–Trinajstić information content (AvgIpc) is 2.83. The normalized spacial score (nSPS) is 18.8. The average molecular weight is 466 g/mol. The lowest BCUT2D eigenvalue weighted by Crippen LogP contribution is -2.42. The number of allylic oxidation sites excluding steroid dienone is 6. The van der Waals surface area contributed by atoms with E-state index in [0.717, 1.165) is 62.4 Å². The summed E-state index contributed by atoms with van der Waals surface area (Å²) in [6, 6.07) is 3.46. The third-order valence-corrected chi connectivity index (χ3v) is 6.85. The Morgan fingerprint density at radius 3 is 2.56 bits per heavy atom. The number of aliphatic imine (C=N–C) groups is 1. The summed E-state index contributed by atoms with van der Waals surface area (Å²) in [6.45, 7) is 12.2. The van der Waals surface area contributed by atoms with Crippen molar-refractivity contribution in [2.45, 2.75) is 53.4 Å². The third-order valence-electron chi connectivity index (χ3n) is 6.85. The first-order valence-corrected chi connectivity index (χ1v) is 12.6. The number of hydrogen-bond donors (Lipinski definition) is 1. The molecule has 0 aromatic heterocycles. The first-order chi connectivity index (χ1) is 16.5. The van der Waals surface area contributed by atoms with E-state index in [1.54, 1.807) is 20.1 Å². The van der Waals surface area contributed by atoms with Crippen molar-refractivity contribution in [1.29, 1.82) is 0 Å². The van der Waals surface area contributed by atoms with Gasteiger partial charge in [-0.25, -0.2) is 4.39 Å². The lowest BCUT2D eigenvalue weighted by Gasteiger charge is -2.30. The van der Waals surface area contributed by atoms with E-state index in [4.69, 9.17) is 9.73 Å². The van der Waals surface area contributed by atoms with Crippen molar-refractivity contribution in [3.8, 4) is 5.75 Å². The standard InChI is InChI=1S/C29H40FN3O/c1-6-21(3)27(14-12-25(7-2)33-17-15-31-16-18-33)32-28(13-11-23-9-8-10-23)24-19-26(30)22(4)29(20-24)34-5/h7,11-14,19-21,31H,6,8-10,15-18H2,1-5H3/b14-12-,25-7+,28-13-,32-27-. The Bertz CT molecular complexity index is 991. The minimum atomic E-state index is -0.276. The number of piperazine rings is 1. The van der Waals surface area contributed by atoms with Crippen LogP contribution < -0.4 is 10.1 Å². The van der Waals surface area contributed by atoms with Gasteiger partial charge in [0.1, 0.15) is 11.6 Å². The van der Waals surface area contributed by atoms with Gasteiger partial charge in [0.05, 0.1) is 12.8 Å². The van der Waals surface area contributed by atoms with E-state index < -0.39 is 0 Å². The fraction of sp³-hybridized carbons (Fsp3) is 0.483. The second kappa shape index (κ2) is 12.7. The van der Waals surface area contributed by atoms with Gasteiger partial charge in [-0.2, -0.15) is 0 Å². The smallest absolute Gasteiger partial charge is 0.130 e. The highest BCUT2D eigenvalue weighted by atomic mass is 19.1. The van der Waals surface area contributed by atoms with Crippen LogP contribution in [-0.2, 0) is 0 Å². The van der Waals surface area contributed by atoms with Gasteiger partial charge in [-0.15, -0.1) is 0 Å². The zero-order chi connectivity index (χ0) is 24.5. The molecule has 0 spiro atoms. The molecule has 2 fully saturated rings. The third kappa shape index (κ3) is 6.69. The van der Waals surface area contributed by atoms with E-state index >= 15 is 0 Å².